The number of nitrogens with zero attached hydrogens (tertiary/aromatic N) is 1. The molecular formula is C10H20ClNO. The number of hydrogen-bond acceptors (Lipinski definition) is 1. The first-order valence-electron chi connectivity index (χ1n) is 4.95. The molecule has 0 aliphatic rings. The largest absolute Gasteiger partial charge is 0.341 e. The van der Waals surface area contributed by atoms with Crippen LogP contribution in [0, 0.1) is 5.92 Å². The van der Waals surface area contributed by atoms with E-state index in [1.54, 1.807) is 0 Å². The van der Waals surface area contributed by atoms with Crippen molar-refractivity contribution in [3.05, 3.63) is 0 Å². The van der Waals surface area contributed by atoms with Crippen molar-refractivity contribution in [3.63, 3.8) is 0 Å². The Bertz CT molecular complexity index is 148. The van der Waals surface area contributed by atoms with Crippen LogP contribution < -0.4 is 0 Å². The molecule has 0 aromatic carbocycles. The molecule has 78 valence electrons. The maximum Gasteiger partial charge on any atom is 0.237 e. The van der Waals surface area contributed by atoms with Crippen molar-refractivity contribution in [3.8, 4) is 0 Å². The fraction of sp³-hybridized carbons (Fsp3) is 0.900. The lowest BCUT2D eigenvalue weighted by atomic mass is 10.2. The highest BCUT2D eigenvalue weighted by Gasteiger charge is 2.12. The Labute approximate surface area is 86.2 Å². The Morgan fingerprint density at radius 3 is 2.46 bits per heavy atom. The van der Waals surface area contributed by atoms with Gasteiger partial charge in [0.05, 0.1) is 0 Å². The van der Waals surface area contributed by atoms with Crippen LogP contribution in [0.4, 0.5) is 0 Å². The number of hydrogen-bond donors (Lipinski definition) is 0. The van der Waals surface area contributed by atoms with Gasteiger partial charge in [0.1, 0.15) is 5.88 Å². The van der Waals surface area contributed by atoms with Gasteiger partial charge >= 0.3 is 0 Å². The van der Waals surface area contributed by atoms with Crippen LogP contribution in [-0.4, -0.2) is 29.8 Å². The Morgan fingerprint density at radius 2 is 2.08 bits per heavy atom. The van der Waals surface area contributed by atoms with Crippen molar-refractivity contribution in [2.45, 2.75) is 33.6 Å². The Balaban J connectivity index is 3.94. The first-order valence-corrected chi connectivity index (χ1v) is 5.49. The first kappa shape index (κ1) is 12.8. The van der Waals surface area contributed by atoms with Gasteiger partial charge in [-0.1, -0.05) is 27.2 Å². The van der Waals surface area contributed by atoms with Crippen molar-refractivity contribution in [1.29, 1.82) is 0 Å². The topological polar surface area (TPSA) is 20.3 Å². The average molecular weight is 206 g/mol. The van der Waals surface area contributed by atoms with E-state index >= 15 is 0 Å². The van der Waals surface area contributed by atoms with Crippen molar-refractivity contribution < 1.29 is 4.79 Å². The zero-order valence-corrected chi connectivity index (χ0v) is 9.60. The van der Waals surface area contributed by atoms with E-state index in [4.69, 9.17) is 11.6 Å². The molecule has 1 amide bonds. The SMILES string of the molecule is CCCCN(CC(C)C)C(=O)CCl. The second kappa shape index (κ2) is 7.19. The molecule has 0 saturated heterocycles. The Kier molecular flexibility index (Phi) is 7.06. The maximum atomic E-state index is 11.3. The highest BCUT2D eigenvalue weighted by atomic mass is 35.5. The van der Waals surface area contributed by atoms with E-state index in [9.17, 15) is 4.79 Å². The molecule has 0 aromatic rings. The molecule has 0 heterocycles. The minimum Gasteiger partial charge on any atom is -0.341 e. The molecule has 0 aliphatic heterocycles. The van der Waals surface area contributed by atoms with Gasteiger partial charge < -0.3 is 4.90 Å². The van der Waals surface area contributed by atoms with Crippen LogP contribution in [0.25, 0.3) is 0 Å². The third-order valence-electron chi connectivity index (χ3n) is 1.83. The monoisotopic (exact) mass is 205 g/mol. The van der Waals surface area contributed by atoms with Gasteiger partial charge in [0, 0.05) is 13.1 Å². The smallest absolute Gasteiger partial charge is 0.237 e. The summed E-state index contributed by atoms with van der Waals surface area (Å²) in [6, 6.07) is 0. The zero-order chi connectivity index (χ0) is 10.3. The molecule has 2 nitrogen and oxygen atoms in total. The Morgan fingerprint density at radius 1 is 1.46 bits per heavy atom. The van der Waals surface area contributed by atoms with E-state index in [0.29, 0.717) is 5.92 Å². The molecule has 0 spiro atoms. The molecular weight excluding hydrogens is 186 g/mol. The molecule has 0 N–H and O–H groups in total. The van der Waals surface area contributed by atoms with E-state index in [-0.39, 0.29) is 11.8 Å². The number of carbonyl (C=O) groups excluding carboxylic acids is 1. The summed E-state index contributed by atoms with van der Waals surface area (Å²) < 4.78 is 0. The standard InChI is InChI=1S/C10H20ClNO/c1-4-5-6-12(8-9(2)3)10(13)7-11/h9H,4-8H2,1-3H3. The summed E-state index contributed by atoms with van der Waals surface area (Å²) in [5.74, 6) is 0.684. The van der Waals surface area contributed by atoms with Gasteiger partial charge in [-0.05, 0) is 12.3 Å². The van der Waals surface area contributed by atoms with Gasteiger partial charge in [-0.15, -0.1) is 11.6 Å². The highest BCUT2D eigenvalue weighted by molar-refractivity contribution is 6.27. The molecule has 0 fully saturated rings. The summed E-state index contributed by atoms with van der Waals surface area (Å²) in [4.78, 5) is 13.2. The van der Waals surface area contributed by atoms with Gasteiger partial charge in [-0.3, -0.25) is 4.79 Å². The number of rotatable bonds is 6. The second-order valence-corrected chi connectivity index (χ2v) is 3.99. The molecule has 0 bridgehead atoms. The normalized spacial score (nSPS) is 10.5. The summed E-state index contributed by atoms with van der Waals surface area (Å²) in [5, 5.41) is 0. The Hall–Kier alpha value is -0.240. The minimum atomic E-state index is 0.0591. The van der Waals surface area contributed by atoms with Gasteiger partial charge in [-0.2, -0.15) is 0 Å². The zero-order valence-electron chi connectivity index (χ0n) is 8.85. The number of carbonyl (C=O) groups is 1. The maximum absolute atomic E-state index is 11.3. The predicted molar refractivity (Wildman–Crippen MR) is 57.0 cm³/mol. The van der Waals surface area contributed by atoms with Gasteiger partial charge in [0.15, 0.2) is 0 Å². The summed E-state index contributed by atoms with van der Waals surface area (Å²) in [5.41, 5.74) is 0. The van der Waals surface area contributed by atoms with Gasteiger partial charge in [0.25, 0.3) is 0 Å². The molecule has 0 atom stereocenters. The molecule has 0 rings (SSSR count). The predicted octanol–water partition coefficient (Wildman–Crippen LogP) is 2.51. The van der Waals surface area contributed by atoms with Gasteiger partial charge in [0.2, 0.25) is 5.91 Å². The van der Waals surface area contributed by atoms with E-state index in [1.807, 2.05) is 4.90 Å². The van der Waals surface area contributed by atoms with Crippen molar-refractivity contribution in [1.82, 2.24) is 4.90 Å². The van der Waals surface area contributed by atoms with Crippen molar-refractivity contribution >= 4 is 17.5 Å². The summed E-state index contributed by atoms with van der Waals surface area (Å²) in [6.45, 7) is 8.02. The number of halogens is 1. The molecule has 0 saturated carbocycles. The van der Waals surface area contributed by atoms with Gasteiger partial charge in [-0.25, -0.2) is 0 Å². The number of amides is 1. The summed E-state index contributed by atoms with van der Waals surface area (Å²) >= 11 is 5.52. The highest BCUT2D eigenvalue weighted by Crippen LogP contribution is 2.02. The molecule has 0 aromatic heterocycles. The number of unbranched alkanes of at least 4 members (excludes halogenated alkanes) is 1. The van der Waals surface area contributed by atoms with Crippen molar-refractivity contribution in [2.75, 3.05) is 19.0 Å². The van der Waals surface area contributed by atoms with Crippen LogP contribution in [0.15, 0.2) is 0 Å². The van der Waals surface area contributed by atoms with Crippen LogP contribution in [0.1, 0.15) is 33.6 Å². The van der Waals surface area contributed by atoms with Crippen LogP contribution in [0.3, 0.4) is 0 Å². The first-order chi connectivity index (χ1) is 6.11. The molecule has 0 radical (unpaired) electrons. The lowest BCUT2D eigenvalue weighted by Crippen LogP contribution is -2.35. The second-order valence-electron chi connectivity index (χ2n) is 3.72. The molecule has 3 heteroatoms. The lowest BCUT2D eigenvalue weighted by molar-refractivity contribution is -0.129. The van der Waals surface area contributed by atoms with Crippen LogP contribution in [0.5, 0.6) is 0 Å². The van der Waals surface area contributed by atoms with E-state index in [1.165, 1.54) is 0 Å². The molecule has 0 unspecified atom stereocenters. The van der Waals surface area contributed by atoms with E-state index < -0.39 is 0 Å². The van der Waals surface area contributed by atoms with E-state index in [0.717, 1.165) is 25.9 Å². The summed E-state index contributed by atoms with van der Waals surface area (Å²) in [6.07, 6.45) is 2.18. The third-order valence-corrected chi connectivity index (χ3v) is 2.06. The molecule has 0 aliphatic carbocycles. The van der Waals surface area contributed by atoms with E-state index in [2.05, 4.69) is 20.8 Å². The number of alkyl halides is 1. The quantitative estimate of drug-likeness (QED) is 0.611. The average Bonchev–Trinajstić information content (AvgIpc) is 2.10. The fourth-order valence-corrected chi connectivity index (χ4v) is 1.36. The van der Waals surface area contributed by atoms with Crippen molar-refractivity contribution in [2.24, 2.45) is 5.92 Å². The minimum absolute atomic E-state index is 0.0591. The lowest BCUT2D eigenvalue weighted by Gasteiger charge is -2.23. The van der Waals surface area contributed by atoms with Crippen LogP contribution in [0.2, 0.25) is 0 Å². The molecule has 13 heavy (non-hydrogen) atoms. The summed E-state index contributed by atoms with van der Waals surface area (Å²) in [7, 11) is 0. The van der Waals surface area contributed by atoms with Crippen LogP contribution in [-0.2, 0) is 4.79 Å². The van der Waals surface area contributed by atoms with Crippen LogP contribution >= 0.6 is 11.6 Å². The fourth-order valence-electron chi connectivity index (χ4n) is 1.19. The third kappa shape index (κ3) is 5.92.